The van der Waals surface area contributed by atoms with Gasteiger partial charge in [0, 0.05) is 13.1 Å². The summed E-state index contributed by atoms with van der Waals surface area (Å²) in [5, 5.41) is 38.8. The minimum absolute atomic E-state index is 0.243. The van der Waals surface area contributed by atoms with Gasteiger partial charge in [0.15, 0.2) is 0 Å². The molecule has 0 radical (unpaired) electrons. The van der Waals surface area contributed by atoms with Gasteiger partial charge in [-0.3, -0.25) is 4.90 Å². The third-order valence-electron chi connectivity index (χ3n) is 4.55. The summed E-state index contributed by atoms with van der Waals surface area (Å²) < 4.78 is -0.635. The van der Waals surface area contributed by atoms with Crippen molar-refractivity contribution in [2.24, 2.45) is 5.92 Å². The second-order valence-corrected chi connectivity index (χ2v) is 7.69. The fourth-order valence-electron chi connectivity index (χ4n) is 3.20. The molecule has 0 aromatic rings. The van der Waals surface area contributed by atoms with E-state index in [9.17, 15) is 20.4 Å². The van der Waals surface area contributed by atoms with E-state index in [1.54, 1.807) is 0 Å². The first-order valence-electron chi connectivity index (χ1n) is 7.11. The molecule has 2 fully saturated rings. The zero-order chi connectivity index (χ0) is 14.9. The molecule has 4 N–H and O–H groups in total. The largest absolute Gasteiger partial charge is 0.395 e. The van der Waals surface area contributed by atoms with Gasteiger partial charge in [-0.05, 0) is 31.6 Å². The SMILES string of the molecule is OC[C@@H]1[C@@H](O)[C@H](O)[C@@H](O)CN1CC1CCC(Cl)(Cl)CC1. The number of aliphatic hydroxyl groups excluding tert-OH is 4. The van der Waals surface area contributed by atoms with Crippen molar-refractivity contribution in [1.29, 1.82) is 0 Å². The van der Waals surface area contributed by atoms with Crippen LogP contribution in [-0.2, 0) is 0 Å². The zero-order valence-electron chi connectivity index (χ0n) is 11.3. The van der Waals surface area contributed by atoms with Crippen molar-refractivity contribution >= 4 is 23.2 Å². The second-order valence-electron chi connectivity index (χ2n) is 6.05. The summed E-state index contributed by atoms with van der Waals surface area (Å²) in [5.41, 5.74) is 0. The molecule has 0 amide bonds. The summed E-state index contributed by atoms with van der Waals surface area (Å²) in [6.45, 7) is 0.676. The number of β-amino-alcohol motifs (C(OH)–C–C–N with tert-alkyl or cyclic N) is 1. The van der Waals surface area contributed by atoms with E-state index in [0.717, 1.165) is 25.7 Å². The Balaban J connectivity index is 1.94. The van der Waals surface area contributed by atoms with Crippen molar-refractivity contribution in [3.05, 3.63) is 0 Å². The van der Waals surface area contributed by atoms with Crippen LogP contribution in [0.3, 0.4) is 0 Å². The molecule has 2 rings (SSSR count). The highest BCUT2D eigenvalue weighted by Gasteiger charge is 2.42. The monoisotopic (exact) mass is 327 g/mol. The summed E-state index contributed by atoms with van der Waals surface area (Å²) in [5.74, 6) is 0.379. The van der Waals surface area contributed by atoms with Gasteiger partial charge < -0.3 is 20.4 Å². The van der Waals surface area contributed by atoms with Crippen LogP contribution in [0.15, 0.2) is 0 Å². The molecule has 1 saturated carbocycles. The van der Waals surface area contributed by atoms with E-state index in [2.05, 4.69) is 0 Å². The van der Waals surface area contributed by atoms with Gasteiger partial charge in [-0.15, -0.1) is 23.2 Å². The van der Waals surface area contributed by atoms with E-state index in [4.69, 9.17) is 23.2 Å². The van der Waals surface area contributed by atoms with Gasteiger partial charge in [0.25, 0.3) is 0 Å². The first-order chi connectivity index (χ1) is 9.34. The number of halogens is 2. The van der Waals surface area contributed by atoms with E-state index in [-0.39, 0.29) is 13.2 Å². The van der Waals surface area contributed by atoms with Crippen LogP contribution in [0.4, 0.5) is 0 Å². The van der Waals surface area contributed by atoms with E-state index < -0.39 is 28.7 Å². The highest BCUT2D eigenvalue weighted by atomic mass is 35.5. The van der Waals surface area contributed by atoms with Gasteiger partial charge in [-0.25, -0.2) is 0 Å². The van der Waals surface area contributed by atoms with Crippen LogP contribution in [0.1, 0.15) is 25.7 Å². The quantitative estimate of drug-likeness (QED) is 0.553. The Morgan fingerprint density at radius 2 is 1.65 bits per heavy atom. The maximum Gasteiger partial charge on any atom is 0.118 e. The van der Waals surface area contributed by atoms with Crippen LogP contribution in [0.25, 0.3) is 0 Å². The van der Waals surface area contributed by atoms with Crippen molar-refractivity contribution in [2.75, 3.05) is 19.7 Å². The first-order valence-corrected chi connectivity index (χ1v) is 7.86. The number of aliphatic hydroxyl groups is 4. The second kappa shape index (κ2) is 6.65. The molecule has 0 unspecified atom stereocenters. The summed E-state index contributed by atoms with van der Waals surface area (Å²) in [4.78, 5) is 1.86. The Hall–Kier alpha value is 0.380. The smallest absolute Gasteiger partial charge is 0.118 e. The lowest BCUT2D eigenvalue weighted by molar-refractivity contribution is -0.147. The van der Waals surface area contributed by atoms with Gasteiger partial charge >= 0.3 is 0 Å². The minimum Gasteiger partial charge on any atom is -0.395 e. The molecule has 20 heavy (non-hydrogen) atoms. The number of hydrogen-bond donors (Lipinski definition) is 4. The van der Waals surface area contributed by atoms with Crippen molar-refractivity contribution in [1.82, 2.24) is 4.90 Å². The lowest BCUT2D eigenvalue weighted by atomic mass is 9.86. The minimum atomic E-state index is -1.20. The van der Waals surface area contributed by atoms with Gasteiger partial charge in [0.05, 0.1) is 18.8 Å². The summed E-state index contributed by atoms with van der Waals surface area (Å²) in [6.07, 6.45) is -0.0949. The lowest BCUT2D eigenvalue weighted by Crippen LogP contribution is -2.63. The number of nitrogens with zero attached hydrogens (tertiary/aromatic N) is 1. The lowest BCUT2D eigenvalue weighted by Gasteiger charge is -2.45. The molecule has 4 atom stereocenters. The van der Waals surface area contributed by atoms with Crippen molar-refractivity contribution < 1.29 is 20.4 Å². The molecule has 5 nitrogen and oxygen atoms in total. The van der Waals surface area contributed by atoms with Crippen LogP contribution in [0.5, 0.6) is 0 Å². The fourth-order valence-corrected chi connectivity index (χ4v) is 3.64. The fraction of sp³-hybridized carbons (Fsp3) is 1.00. The molecule has 0 aromatic carbocycles. The van der Waals surface area contributed by atoms with Crippen molar-refractivity contribution in [3.8, 4) is 0 Å². The van der Waals surface area contributed by atoms with Crippen LogP contribution >= 0.6 is 23.2 Å². The maximum atomic E-state index is 9.94. The standard InChI is InChI=1S/C13H23Cl2NO4/c14-13(15)3-1-8(2-4-13)5-16-6-10(18)12(20)11(19)9(16)7-17/h8-12,17-20H,1-7H2/t9-,10+,11-,12-/m1/s1. The Morgan fingerprint density at radius 1 is 1.05 bits per heavy atom. The van der Waals surface area contributed by atoms with Crippen LogP contribution in [0, 0.1) is 5.92 Å². The molecule has 118 valence electrons. The average Bonchev–Trinajstić information content (AvgIpc) is 2.39. The molecular formula is C13H23Cl2NO4. The Bertz CT molecular complexity index is 321. The predicted octanol–water partition coefficient (Wildman–Crippen LogP) is 0.110. The zero-order valence-corrected chi connectivity index (χ0v) is 12.8. The highest BCUT2D eigenvalue weighted by molar-refractivity contribution is 6.48. The number of likely N-dealkylation sites (tertiary alicyclic amines) is 1. The summed E-state index contributed by atoms with van der Waals surface area (Å²) in [6, 6.07) is -0.535. The third-order valence-corrected chi connectivity index (χ3v) is 5.30. The molecule has 1 aliphatic heterocycles. The number of piperidine rings is 1. The molecule has 1 saturated heterocycles. The molecule has 0 aromatic heterocycles. The molecule has 0 spiro atoms. The van der Waals surface area contributed by atoms with E-state index in [0.29, 0.717) is 12.5 Å². The van der Waals surface area contributed by atoms with Crippen LogP contribution < -0.4 is 0 Å². The number of rotatable bonds is 3. The van der Waals surface area contributed by atoms with E-state index in [1.165, 1.54) is 0 Å². The molecule has 0 bridgehead atoms. The number of alkyl halides is 2. The topological polar surface area (TPSA) is 84.2 Å². The van der Waals surface area contributed by atoms with Gasteiger partial charge in [-0.1, -0.05) is 0 Å². The van der Waals surface area contributed by atoms with Gasteiger partial charge in [-0.2, -0.15) is 0 Å². The third kappa shape index (κ3) is 3.77. The van der Waals surface area contributed by atoms with Gasteiger partial charge in [0.1, 0.15) is 16.5 Å². The van der Waals surface area contributed by atoms with Crippen molar-refractivity contribution in [2.45, 2.75) is 54.4 Å². The Kier molecular flexibility index (Phi) is 5.57. The Morgan fingerprint density at radius 3 is 2.20 bits per heavy atom. The predicted molar refractivity (Wildman–Crippen MR) is 76.9 cm³/mol. The van der Waals surface area contributed by atoms with Crippen LogP contribution in [-0.4, -0.2) is 73.7 Å². The first kappa shape index (κ1) is 16.7. The summed E-state index contributed by atoms with van der Waals surface area (Å²) >= 11 is 12.2. The molecular weight excluding hydrogens is 305 g/mol. The van der Waals surface area contributed by atoms with E-state index >= 15 is 0 Å². The average molecular weight is 328 g/mol. The summed E-state index contributed by atoms with van der Waals surface area (Å²) in [7, 11) is 0. The van der Waals surface area contributed by atoms with Crippen LogP contribution in [0.2, 0.25) is 0 Å². The highest BCUT2D eigenvalue weighted by Crippen LogP contribution is 2.40. The molecule has 1 aliphatic carbocycles. The van der Waals surface area contributed by atoms with Crippen molar-refractivity contribution in [3.63, 3.8) is 0 Å². The van der Waals surface area contributed by atoms with E-state index in [1.807, 2.05) is 4.90 Å². The normalized spacial score (nSPS) is 39.9. The number of hydrogen-bond acceptors (Lipinski definition) is 5. The molecule has 2 aliphatic rings. The molecule has 7 heteroatoms. The maximum absolute atomic E-state index is 9.94. The Labute approximate surface area is 129 Å². The van der Waals surface area contributed by atoms with Gasteiger partial charge in [0.2, 0.25) is 0 Å². The molecule has 1 heterocycles.